The first-order valence-electron chi connectivity index (χ1n) is 8.75. The maximum absolute atomic E-state index is 11.6. The number of carboxylic acid groups (broad SMARTS) is 1. The number of aliphatic carboxylic acids is 1. The molecule has 0 saturated carbocycles. The first-order valence-corrected chi connectivity index (χ1v) is 9.63. The molecule has 2 aromatic rings. The second-order valence-corrected chi connectivity index (χ2v) is 9.13. The summed E-state index contributed by atoms with van der Waals surface area (Å²) in [6.45, 7) is 9.04. The molecule has 0 amide bonds. The summed E-state index contributed by atoms with van der Waals surface area (Å²) in [6.07, 6.45) is 2.73. The van der Waals surface area contributed by atoms with Gasteiger partial charge in [-0.1, -0.05) is 20.8 Å². The van der Waals surface area contributed by atoms with Crippen LogP contribution in [0.15, 0.2) is 23.7 Å². The Morgan fingerprint density at radius 2 is 2.16 bits per heavy atom. The van der Waals surface area contributed by atoms with Gasteiger partial charge in [0.25, 0.3) is 0 Å². The van der Waals surface area contributed by atoms with E-state index in [1.54, 1.807) is 11.3 Å². The molecule has 1 saturated heterocycles. The summed E-state index contributed by atoms with van der Waals surface area (Å²) >= 11 is 1.70. The molecule has 136 valence electrons. The number of rotatable bonds is 4. The normalized spacial score (nSPS) is 22.2. The lowest BCUT2D eigenvalue weighted by Gasteiger charge is -2.42. The van der Waals surface area contributed by atoms with Crippen LogP contribution in [-0.2, 0) is 18.4 Å². The van der Waals surface area contributed by atoms with E-state index in [1.807, 2.05) is 24.0 Å². The van der Waals surface area contributed by atoms with Crippen molar-refractivity contribution in [3.63, 3.8) is 0 Å². The van der Waals surface area contributed by atoms with Crippen molar-refractivity contribution in [3.8, 4) is 10.6 Å². The van der Waals surface area contributed by atoms with E-state index in [4.69, 9.17) is 0 Å². The molecule has 25 heavy (non-hydrogen) atoms. The van der Waals surface area contributed by atoms with Gasteiger partial charge in [-0.2, -0.15) is 5.10 Å². The number of carbonyl (C=O) groups is 1. The van der Waals surface area contributed by atoms with Crippen LogP contribution in [0.3, 0.4) is 0 Å². The summed E-state index contributed by atoms with van der Waals surface area (Å²) in [5.41, 5.74) is 2.36. The maximum atomic E-state index is 11.6. The van der Waals surface area contributed by atoms with Gasteiger partial charge in [0.1, 0.15) is 5.69 Å². The Bertz CT molecular complexity index is 744. The Labute approximate surface area is 153 Å². The van der Waals surface area contributed by atoms with Gasteiger partial charge in [-0.25, -0.2) is 0 Å². The zero-order valence-electron chi connectivity index (χ0n) is 15.4. The van der Waals surface area contributed by atoms with Crippen molar-refractivity contribution in [2.45, 2.75) is 33.7 Å². The highest BCUT2D eigenvalue weighted by Crippen LogP contribution is 2.36. The Kier molecular flexibility index (Phi) is 5.02. The number of hydrogen-bond acceptors (Lipinski definition) is 4. The summed E-state index contributed by atoms with van der Waals surface area (Å²) in [4.78, 5) is 15.1. The molecule has 2 aromatic heterocycles. The lowest BCUT2D eigenvalue weighted by Crippen LogP contribution is -2.46. The van der Waals surface area contributed by atoms with Gasteiger partial charge in [0.2, 0.25) is 0 Å². The molecule has 1 aliphatic heterocycles. The van der Waals surface area contributed by atoms with Gasteiger partial charge in [0.15, 0.2) is 0 Å². The van der Waals surface area contributed by atoms with Crippen LogP contribution in [0.2, 0.25) is 0 Å². The fourth-order valence-electron chi connectivity index (χ4n) is 3.52. The van der Waals surface area contributed by atoms with Gasteiger partial charge < -0.3 is 5.11 Å². The van der Waals surface area contributed by atoms with Crippen LogP contribution in [0, 0.1) is 17.3 Å². The first kappa shape index (κ1) is 18.1. The quantitative estimate of drug-likeness (QED) is 0.902. The van der Waals surface area contributed by atoms with Crippen LogP contribution < -0.4 is 0 Å². The third-order valence-electron chi connectivity index (χ3n) is 5.13. The van der Waals surface area contributed by atoms with E-state index < -0.39 is 5.97 Å². The van der Waals surface area contributed by atoms with Crippen molar-refractivity contribution in [1.82, 2.24) is 14.7 Å². The van der Waals surface area contributed by atoms with E-state index >= 15 is 0 Å². The highest BCUT2D eigenvalue weighted by atomic mass is 32.1. The average Bonchev–Trinajstić information content (AvgIpc) is 3.15. The van der Waals surface area contributed by atoms with Gasteiger partial charge in [0, 0.05) is 32.9 Å². The van der Waals surface area contributed by atoms with Crippen LogP contribution in [0.4, 0.5) is 0 Å². The Morgan fingerprint density at radius 1 is 1.40 bits per heavy atom. The lowest BCUT2D eigenvalue weighted by molar-refractivity contribution is -0.145. The molecule has 6 heteroatoms. The minimum atomic E-state index is -0.668. The Balaban J connectivity index is 1.72. The van der Waals surface area contributed by atoms with Crippen molar-refractivity contribution >= 4 is 17.3 Å². The van der Waals surface area contributed by atoms with E-state index in [1.165, 1.54) is 5.56 Å². The number of aryl methyl sites for hydroxylation is 1. The molecule has 2 atom stereocenters. The van der Waals surface area contributed by atoms with Gasteiger partial charge in [-0.3, -0.25) is 14.4 Å². The molecule has 0 radical (unpaired) electrons. The first-order chi connectivity index (χ1) is 11.7. The van der Waals surface area contributed by atoms with Crippen molar-refractivity contribution < 1.29 is 9.90 Å². The fourth-order valence-corrected chi connectivity index (χ4v) is 4.39. The summed E-state index contributed by atoms with van der Waals surface area (Å²) in [6, 6.07) is 4.20. The molecule has 2 unspecified atom stereocenters. The Morgan fingerprint density at radius 3 is 2.76 bits per heavy atom. The predicted octanol–water partition coefficient (Wildman–Crippen LogP) is 3.72. The van der Waals surface area contributed by atoms with Gasteiger partial charge in [-0.15, -0.1) is 11.3 Å². The molecule has 0 spiro atoms. The molecule has 1 N–H and O–H groups in total. The number of piperidine rings is 1. The van der Waals surface area contributed by atoms with Gasteiger partial charge in [0.05, 0.1) is 10.8 Å². The van der Waals surface area contributed by atoms with E-state index in [0.717, 1.165) is 30.1 Å². The summed E-state index contributed by atoms with van der Waals surface area (Å²) < 4.78 is 1.81. The van der Waals surface area contributed by atoms with Crippen molar-refractivity contribution in [2.24, 2.45) is 24.3 Å². The third kappa shape index (κ3) is 4.30. The molecule has 0 aliphatic carbocycles. The van der Waals surface area contributed by atoms with Crippen molar-refractivity contribution in [1.29, 1.82) is 0 Å². The monoisotopic (exact) mass is 361 g/mol. The molecule has 1 aliphatic rings. The van der Waals surface area contributed by atoms with Crippen LogP contribution in [0.1, 0.15) is 32.8 Å². The molecule has 1 fully saturated rings. The highest BCUT2D eigenvalue weighted by molar-refractivity contribution is 7.13. The summed E-state index contributed by atoms with van der Waals surface area (Å²) in [5, 5.41) is 16.1. The highest BCUT2D eigenvalue weighted by Gasteiger charge is 2.37. The van der Waals surface area contributed by atoms with Gasteiger partial charge in [-0.05, 0) is 40.8 Å². The molecule has 0 aromatic carbocycles. The van der Waals surface area contributed by atoms with Crippen molar-refractivity contribution in [2.75, 3.05) is 13.1 Å². The SMILES string of the molecule is Cn1ccc(-c2cc(CN3CC(C(=O)O)CC(C(C)(C)C)C3)cs2)n1. The van der Waals surface area contributed by atoms with Gasteiger partial charge >= 0.3 is 5.97 Å². The van der Waals surface area contributed by atoms with E-state index in [0.29, 0.717) is 12.5 Å². The number of nitrogens with zero attached hydrogens (tertiary/aromatic N) is 3. The molecule has 5 nitrogen and oxygen atoms in total. The average molecular weight is 362 g/mol. The number of aromatic nitrogens is 2. The second-order valence-electron chi connectivity index (χ2n) is 8.22. The molecule has 3 heterocycles. The fraction of sp³-hybridized carbons (Fsp3) is 0.579. The second kappa shape index (κ2) is 6.92. The number of thiophene rings is 1. The van der Waals surface area contributed by atoms with E-state index in [-0.39, 0.29) is 11.3 Å². The lowest BCUT2D eigenvalue weighted by atomic mass is 9.73. The zero-order chi connectivity index (χ0) is 18.2. The van der Waals surface area contributed by atoms with Crippen LogP contribution in [-0.4, -0.2) is 38.8 Å². The standard InChI is InChI=1S/C19H27N3O2S/c1-19(2,3)15-8-14(18(23)24)10-22(11-15)9-13-7-17(25-12-13)16-5-6-21(4)20-16/h5-7,12,14-15H,8-11H2,1-4H3,(H,23,24). The zero-order valence-corrected chi connectivity index (χ0v) is 16.2. The predicted molar refractivity (Wildman–Crippen MR) is 100 cm³/mol. The summed E-state index contributed by atoms with van der Waals surface area (Å²) in [7, 11) is 1.92. The van der Waals surface area contributed by atoms with Crippen molar-refractivity contribution in [3.05, 3.63) is 29.3 Å². The van der Waals surface area contributed by atoms with Crippen LogP contribution in [0.5, 0.6) is 0 Å². The number of likely N-dealkylation sites (tertiary alicyclic amines) is 1. The largest absolute Gasteiger partial charge is 0.481 e. The van der Waals surface area contributed by atoms with Crippen LogP contribution in [0.25, 0.3) is 10.6 Å². The number of hydrogen-bond donors (Lipinski definition) is 1. The summed E-state index contributed by atoms with van der Waals surface area (Å²) in [5.74, 6) is -0.540. The topological polar surface area (TPSA) is 58.4 Å². The molecular formula is C19H27N3O2S. The molecular weight excluding hydrogens is 334 g/mol. The number of carboxylic acids is 1. The smallest absolute Gasteiger partial charge is 0.307 e. The molecule has 0 bridgehead atoms. The third-order valence-corrected chi connectivity index (χ3v) is 6.13. The maximum Gasteiger partial charge on any atom is 0.307 e. The Hall–Kier alpha value is -1.66. The van der Waals surface area contributed by atoms with E-state index in [9.17, 15) is 9.90 Å². The minimum absolute atomic E-state index is 0.125. The van der Waals surface area contributed by atoms with Crippen LogP contribution >= 0.6 is 11.3 Å². The minimum Gasteiger partial charge on any atom is -0.481 e. The molecule has 3 rings (SSSR count). The van der Waals surface area contributed by atoms with E-state index in [2.05, 4.69) is 42.2 Å².